The lowest BCUT2D eigenvalue weighted by molar-refractivity contribution is -0.142. The number of rotatable bonds is 5. The van der Waals surface area contributed by atoms with E-state index in [1.165, 1.54) is 19.4 Å². The number of nitrogens with one attached hydrogen (secondary N) is 2. The lowest BCUT2D eigenvalue weighted by atomic mass is 9.98. The molecule has 1 fully saturated rings. The van der Waals surface area contributed by atoms with Crippen molar-refractivity contribution in [1.29, 1.82) is 0 Å². The smallest absolute Gasteiger partial charge is 0.328 e. The van der Waals surface area contributed by atoms with Crippen LogP contribution in [0.4, 0.5) is 5.82 Å². The maximum Gasteiger partial charge on any atom is 0.328 e. The number of anilines is 1. The van der Waals surface area contributed by atoms with Crippen LogP contribution in [0.3, 0.4) is 0 Å². The molecule has 160 valence electrons. The van der Waals surface area contributed by atoms with Gasteiger partial charge in [-0.25, -0.2) is 14.8 Å². The fourth-order valence-corrected chi connectivity index (χ4v) is 3.59. The molecule has 1 saturated heterocycles. The van der Waals surface area contributed by atoms with Crippen LogP contribution in [0.1, 0.15) is 31.1 Å². The van der Waals surface area contributed by atoms with Gasteiger partial charge in [0, 0.05) is 25.8 Å². The number of aromatic amines is 1. The molecule has 1 atom stereocenters. The first kappa shape index (κ1) is 21.3. The minimum Gasteiger partial charge on any atom is -0.467 e. The summed E-state index contributed by atoms with van der Waals surface area (Å²) in [7, 11) is 1.26. The Morgan fingerprint density at radius 3 is 2.73 bits per heavy atom. The van der Waals surface area contributed by atoms with E-state index in [0.717, 1.165) is 0 Å². The molecule has 2 aromatic heterocycles. The van der Waals surface area contributed by atoms with E-state index in [1.807, 2.05) is 18.7 Å². The number of methoxy groups -OCH3 is 1. The Kier molecular flexibility index (Phi) is 5.77. The Balaban J connectivity index is 1.85. The molecule has 2 N–H and O–H groups in total. The van der Waals surface area contributed by atoms with Crippen molar-refractivity contribution in [2.45, 2.75) is 32.4 Å². The standard InChI is InChI=1S/C20H26N6O4/c1-6-15(27)26-8-7-25(11-20(26,3)4)14-10-22-17-16(24-14)13(9-21-17)18(28)23-12(2)19(29)30-5/h6,9-10,12H,1,7-8,11H2,2-5H3,(H,21,22)(H,23,28). The van der Waals surface area contributed by atoms with Crippen molar-refractivity contribution in [2.75, 3.05) is 31.6 Å². The van der Waals surface area contributed by atoms with Crippen molar-refractivity contribution < 1.29 is 19.1 Å². The molecule has 0 spiro atoms. The number of fused-ring (bicyclic) bond motifs is 1. The van der Waals surface area contributed by atoms with Crippen LogP contribution in [0, 0.1) is 0 Å². The first-order chi connectivity index (χ1) is 14.2. The number of nitrogens with zero attached hydrogens (tertiary/aromatic N) is 4. The molecule has 1 aliphatic heterocycles. The second-order valence-corrected chi connectivity index (χ2v) is 7.77. The summed E-state index contributed by atoms with van der Waals surface area (Å²) in [6, 6.07) is -0.792. The Morgan fingerprint density at radius 2 is 2.10 bits per heavy atom. The van der Waals surface area contributed by atoms with Crippen molar-refractivity contribution in [3.63, 3.8) is 0 Å². The SMILES string of the molecule is C=CC(=O)N1CCN(c2cnc3[nH]cc(C(=O)NC(C)C(=O)OC)c3n2)CC1(C)C. The number of aromatic nitrogens is 3. The molecular formula is C20H26N6O4. The summed E-state index contributed by atoms with van der Waals surface area (Å²) in [4.78, 5) is 52.1. The Morgan fingerprint density at radius 1 is 1.37 bits per heavy atom. The van der Waals surface area contributed by atoms with Crippen LogP contribution in [-0.2, 0) is 14.3 Å². The van der Waals surface area contributed by atoms with Crippen molar-refractivity contribution >= 4 is 34.8 Å². The zero-order valence-electron chi connectivity index (χ0n) is 17.6. The average molecular weight is 414 g/mol. The zero-order valence-corrected chi connectivity index (χ0v) is 17.6. The van der Waals surface area contributed by atoms with Crippen LogP contribution in [0.5, 0.6) is 0 Å². The highest BCUT2D eigenvalue weighted by Gasteiger charge is 2.36. The highest BCUT2D eigenvalue weighted by Crippen LogP contribution is 2.26. The summed E-state index contributed by atoms with van der Waals surface area (Å²) in [5.41, 5.74) is 0.739. The van der Waals surface area contributed by atoms with Gasteiger partial charge < -0.3 is 24.8 Å². The third-order valence-corrected chi connectivity index (χ3v) is 5.18. The number of amides is 2. The van der Waals surface area contributed by atoms with Crippen LogP contribution < -0.4 is 10.2 Å². The van der Waals surface area contributed by atoms with E-state index in [1.54, 1.807) is 18.0 Å². The lowest BCUT2D eigenvalue weighted by Gasteiger charge is -2.47. The molecule has 2 aromatic rings. The van der Waals surface area contributed by atoms with Crippen molar-refractivity contribution in [3.05, 3.63) is 30.6 Å². The monoisotopic (exact) mass is 414 g/mol. The van der Waals surface area contributed by atoms with Crippen LogP contribution in [0.25, 0.3) is 11.2 Å². The van der Waals surface area contributed by atoms with E-state index in [2.05, 4.69) is 31.6 Å². The topological polar surface area (TPSA) is 121 Å². The van der Waals surface area contributed by atoms with Gasteiger partial charge in [0.2, 0.25) is 5.91 Å². The Bertz CT molecular complexity index is 998. The molecule has 3 rings (SSSR count). The van der Waals surface area contributed by atoms with Gasteiger partial charge in [0.05, 0.1) is 24.4 Å². The van der Waals surface area contributed by atoms with Crippen LogP contribution >= 0.6 is 0 Å². The second kappa shape index (κ2) is 8.13. The van der Waals surface area contributed by atoms with Gasteiger partial charge in [-0.2, -0.15) is 0 Å². The van der Waals surface area contributed by atoms with E-state index in [0.29, 0.717) is 36.6 Å². The number of H-pyrrole nitrogens is 1. The van der Waals surface area contributed by atoms with Gasteiger partial charge in [0.25, 0.3) is 5.91 Å². The summed E-state index contributed by atoms with van der Waals surface area (Å²) in [5.74, 6) is -0.488. The predicted octanol–water partition coefficient (Wildman–Crippen LogP) is 0.862. The third-order valence-electron chi connectivity index (χ3n) is 5.18. The van der Waals surface area contributed by atoms with Crippen molar-refractivity contribution in [2.24, 2.45) is 0 Å². The van der Waals surface area contributed by atoms with Gasteiger partial charge in [-0.3, -0.25) is 9.59 Å². The van der Waals surface area contributed by atoms with E-state index >= 15 is 0 Å². The summed E-state index contributed by atoms with van der Waals surface area (Å²) < 4.78 is 4.64. The molecule has 1 aliphatic rings. The van der Waals surface area contributed by atoms with Crippen LogP contribution in [0.15, 0.2) is 25.0 Å². The molecule has 2 amide bonds. The maximum atomic E-state index is 12.6. The van der Waals surface area contributed by atoms with Gasteiger partial charge in [0.15, 0.2) is 5.65 Å². The maximum absolute atomic E-state index is 12.6. The summed E-state index contributed by atoms with van der Waals surface area (Å²) in [5, 5.41) is 2.59. The molecule has 10 heteroatoms. The van der Waals surface area contributed by atoms with Gasteiger partial charge >= 0.3 is 5.97 Å². The molecule has 1 unspecified atom stereocenters. The van der Waals surface area contributed by atoms with Crippen LogP contribution in [-0.4, -0.2) is 76.0 Å². The molecule has 0 radical (unpaired) electrons. The Hall–Kier alpha value is -3.43. The van der Waals surface area contributed by atoms with Crippen molar-refractivity contribution in [3.8, 4) is 0 Å². The summed E-state index contributed by atoms with van der Waals surface area (Å²) in [6.45, 7) is 10.7. The largest absolute Gasteiger partial charge is 0.467 e. The first-order valence-corrected chi connectivity index (χ1v) is 9.59. The van der Waals surface area contributed by atoms with Crippen LogP contribution in [0.2, 0.25) is 0 Å². The average Bonchev–Trinajstić information content (AvgIpc) is 3.15. The predicted molar refractivity (Wildman–Crippen MR) is 111 cm³/mol. The van der Waals surface area contributed by atoms with E-state index in [9.17, 15) is 14.4 Å². The fraction of sp³-hybridized carbons (Fsp3) is 0.450. The fourth-order valence-electron chi connectivity index (χ4n) is 3.59. The summed E-state index contributed by atoms with van der Waals surface area (Å²) in [6.07, 6.45) is 4.47. The highest BCUT2D eigenvalue weighted by molar-refractivity contribution is 6.05. The number of carbonyl (C=O) groups excluding carboxylic acids is 3. The van der Waals surface area contributed by atoms with Gasteiger partial charge in [-0.15, -0.1) is 0 Å². The number of ether oxygens (including phenoxy) is 1. The van der Waals surface area contributed by atoms with E-state index in [4.69, 9.17) is 0 Å². The number of piperazine rings is 1. The van der Waals surface area contributed by atoms with Gasteiger partial charge in [-0.1, -0.05) is 6.58 Å². The molecule has 0 aromatic carbocycles. The molecule has 0 saturated carbocycles. The summed E-state index contributed by atoms with van der Waals surface area (Å²) >= 11 is 0. The molecular weight excluding hydrogens is 388 g/mol. The minimum atomic E-state index is -0.792. The molecule has 30 heavy (non-hydrogen) atoms. The third kappa shape index (κ3) is 3.98. The highest BCUT2D eigenvalue weighted by atomic mass is 16.5. The number of carbonyl (C=O) groups is 3. The van der Waals surface area contributed by atoms with E-state index in [-0.39, 0.29) is 11.5 Å². The number of esters is 1. The zero-order chi connectivity index (χ0) is 22.1. The molecule has 10 nitrogen and oxygen atoms in total. The second-order valence-electron chi connectivity index (χ2n) is 7.77. The van der Waals surface area contributed by atoms with Gasteiger partial charge in [0.1, 0.15) is 17.4 Å². The lowest BCUT2D eigenvalue weighted by Crippen LogP contribution is -2.61. The first-order valence-electron chi connectivity index (χ1n) is 9.59. The molecule has 0 bridgehead atoms. The number of hydrogen-bond donors (Lipinski definition) is 2. The quantitative estimate of drug-likeness (QED) is 0.550. The van der Waals surface area contributed by atoms with Crippen molar-refractivity contribution in [1.82, 2.24) is 25.2 Å². The van der Waals surface area contributed by atoms with E-state index < -0.39 is 23.5 Å². The normalized spacial score (nSPS) is 16.8. The number of hydrogen-bond acceptors (Lipinski definition) is 7. The molecule has 0 aliphatic carbocycles. The van der Waals surface area contributed by atoms with Gasteiger partial charge in [-0.05, 0) is 26.8 Å². The molecule has 3 heterocycles. The Labute approximate surface area is 174 Å². The minimum absolute atomic E-state index is 0.106.